The van der Waals surface area contributed by atoms with Gasteiger partial charge >= 0.3 is 0 Å². The van der Waals surface area contributed by atoms with Crippen LogP contribution in [0.15, 0.2) is 22.5 Å². The van der Waals surface area contributed by atoms with Gasteiger partial charge in [-0.15, -0.1) is 35.3 Å². The van der Waals surface area contributed by atoms with Crippen molar-refractivity contribution < 1.29 is 0 Å². The third kappa shape index (κ3) is 6.59. The van der Waals surface area contributed by atoms with E-state index >= 15 is 0 Å². The number of rotatable bonds is 5. The largest absolute Gasteiger partial charge is 0.356 e. The molecule has 1 aromatic rings. The predicted molar refractivity (Wildman–Crippen MR) is 86.3 cm³/mol. The minimum absolute atomic E-state index is 0. The zero-order valence-corrected chi connectivity index (χ0v) is 13.5. The summed E-state index contributed by atoms with van der Waals surface area (Å²) in [4.78, 5) is 5.47. The van der Waals surface area contributed by atoms with Crippen LogP contribution in [0.5, 0.6) is 0 Å². The average molecular weight is 371 g/mol. The van der Waals surface area contributed by atoms with Crippen molar-refractivity contribution >= 4 is 53.0 Å². The first-order chi connectivity index (χ1) is 7.36. The van der Waals surface area contributed by atoms with Crippen LogP contribution in [0.4, 0.5) is 0 Å². The fraction of sp³-hybridized carbons (Fsp3) is 0.500. The fourth-order valence-electron chi connectivity index (χ4n) is 1.08. The van der Waals surface area contributed by atoms with Crippen LogP contribution in [0.2, 0.25) is 0 Å². The van der Waals surface area contributed by atoms with Crippen LogP contribution in [0.25, 0.3) is 0 Å². The molecule has 0 saturated carbocycles. The molecule has 6 heteroatoms. The molecule has 0 amide bonds. The number of hydrogen-bond acceptors (Lipinski definition) is 3. The van der Waals surface area contributed by atoms with Crippen LogP contribution < -0.4 is 10.6 Å². The molecule has 0 unspecified atom stereocenters. The predicted octanol–water partition coefficient (Wildman–Crippen LogP) is 2.39. The molecule has 0 spiro atoms. The lowest BCUT2D eigenvalue weighted by Crippen LogP contribution is -2.37. The van der Waals surface area contributed by atoms with E-state index in [0.29, 0.717) is 0 Å². The molecule has 1 rings (SSSR count). The summed E-state index contributed by atoms with van der Waals surface area (Å²) in [5.74, 6) is 1.97. The van der Waals surface area contributed by atoms with Gasteiger partial charge in [0.05, 0.1) is 6.54 Å². The Morgan fingerprint density at radius 3 is 2.88 bits per heavy atom. The number of aliphatic imine (C=N–C) groups is 1. The Morgan fingerprint density at radius 1 is 1.50 bits per heavy atom. The van der Waals surface area contributed by atoms with Crippen molar-refractivity contribution in [2.75, 3.05) is 25.6 Å². The molecule has 0 aliphatic carbocycles. The van der Waals surface area contributed by atoms with E-state index < -0.39 is 0 Å². The number of nitrogens with one attached hydrogen (secondary N) is 2. The highest BCUT2D eigenvalue weighted by Crippen LogP contribution is 2.06. The van der Waals surface area contributed by atoms with Crippen LogP contribution in [-0.4, -0.2) is 31.6 Å². The first-order valence-corrected chi connectivity index (χ1v) is 7.10. The Bertz CT molecular complexity index is 288. The molecule has 1 aromatic heterocycles. The third-order valence-electron chi connectivity index (χ3n) is 1.83. The molecule has 2 N–H and O–H groups in total. The monoisotopic (exact) mass is 371 g/mol. The molecular formula is C10H18IN3S2. The van der Waals surface area contributed by atoms with Gasteiger partial charge in [0, 0.05) is 24.2 Å². The lowest BCUT2D eigenvalue weighted by atomic mass is 10.5. The Kier molecular flexibility index (Phi) is 10.3. The van der Waals surface area contributed by atoms with E-state index in [0.717, 1.165) is 24.8 Å². The molecular weight excluding hydrogens is 353 g/mol. The maximum absolute atomic E-state index is 4.15. The molecule has 0 aliphatic heterocycles. The van der Waals surface area contributed by atoms with E-state index in [9.17, 15) is 0 Å². The van der Waals surface area contributed by atoms with E-state index in [2.05, 4.69) is 39.4 Å². The number of nitrogens with zero attached hydrogens (tertiary/aromatic N) is 1. The lowest BCUT2D eigenvalue weighted by Gasteiger charge is -2.10. The summed E-state index contributed by atoms with van der Waals surface area (Å²) in [6.45, 7) is 1.79. The topological polar surface area (TPSA) is 36.4 Å². The van der Waals surface area contributed by atoms with Crippen molar-refractivity contribution in [2.24, 2.45) is 4.99 Å². The van der Waals surface area contributed by atoms with Crippen molar-refractivity contribution in [3.05, 3.63) is 22.4 Å². The number of thiophene rings is 1. The average Bonchev–Trinajstić information content (AvgIpc) is 2.76. The first kappa shape index (κ1) is 16.1. The van der Waals surface area contributed by atoms with Gasteiger partial charge in [-0.25, -0.2) is 0 Å². The summed E-state index contributed by atoms with van der Waals surface area (Å²) >= 11 is 3.58. The molecule has 1 heterocycles. The second-order valence-electron chi connectivity index (χ2n) is 2.92. The highest BCUT2D eigenvalue weighted by molar-refractivity contribution is 14.0. The SMILES string of the molecule is CN=C(NCCSC)NCc1cccs1.I. The molecule has 0 aromatic carbocycles. The molecule has 92 valence electrons. The maximum Gasteiger partial charge on any atom is 0.191 e. The lowest BCUT2D eigenvalue weighted by molar-refractivity contribution is 0.842. The molecule has 3 nitrogen and oxygen atoms in total. The van der Waals surface area contributed by atoms with Crippen LogP contribution in [-0.2, 0) is 6.54 Å². The van der Waals surface area contributed by atoms with Crippen LogP contribution in [0.3, 0.4) is 0 Å². The third-order valence-corrected chi connectivity index (χ3v) is 3.32. The molecule has 0 saturated heterocycles. The quantitative estimate of drug-likeness (QED) is 0.361. The normalized spacial score (nSPS) is 10.8. The summed E-state index contributed by atoms with van der Waals surface area (Å²) in [7, 11) is 1.79. The first-order valence-electron chi connectivity index (χ1n) is 4.82. The molecule has 0 aliphatic rings. The van der Waals surface area contributed by atoms with Crippen LogP contribution >= 0.6 is 47.1 Å². The van der Waals surface area contributed by atoms with Crippen molar-refractivity contribution in [3.63, 3.8) is 0 Å². The van der Waals surface area contributed by atoms with Gasteiger partial charge in [-0.1, -0.05) is 6.07 Å². The van der Waals surface area contributed by atoms with Gasteiger partial charge in [0.25, 0.3) is 0 Å². The molecule has 0 bridgehead atoms. The van der Waals surface area contributed by atoms with E-state index in [-0.39, 0.29) is 24.0 Å². The van der Waals surface area contributed by atoms with Crippen LogP contribution in [0.1, 0.15) is 4.88 Å². The Balaban J connectivity index is 0.00000225. The maximum atomic E-state index is 4.15. The summed E-state index contributed by atoms with van der Waals surface area (Å²) in [6, 6.07) is 4.18. The molecule has 0 atom stereocenters. The summed E-state index contributed by atoms with van der Waals surface area (Å²) in [6.07, 6.45) is 2.10. The molecule has 0 radical (unpaired) electrons. The highest BCUT2D eigenvalue weighted by Gasteiger charge is 1.97. The minimum atomic E-state index is 0. The van der Waals surface area contributed by atoms with E-state index in [4.69, 9.17) is 0 Å². The van der Waals surface area contributed by atoms with Gasteiger partial charge in [0.15, 0.2) is 5.96 Å². The highest BCUT2D eigenvalue weighted by atomic mass is 127. The number of guanidine groups is 1. The van der Waals surface area contributed by atoms with Gasteiger partial charge in [-0.05, 0) is 17.7 Å². The Labute approximate surface area is 123 Å². The van der Waals surface area contributed by atoms with E-state index in [1.165, 1.54) is 4.88 Å². The second kappa shape index (κ2) is 10.2. The molecule has 0 fully saturated rings. The smallest absolute Gasteiger partial charge is 0.191 e. The number of thioether (sulfide) groups is 1. The molecule has 16 heavy (non-hydrogen) atoms. The second-order valence-corrected chi connectivity index (χ2v) is 4.94. The summed E-state index contributed by atoms with van der Waals surface area (Å²) < 4.78 is 0. The van der Waals surface area contributed by atoms with Crippen LogP contribution in [0, 0.1) is 0 Å². The van der Waals surface area contributed by atoms with Crippen molar-refractivity contribution in [1.82, 2.24) is 10.6 Å². The Morgan fingerprint density at radius 2 is 2.31 bits per heavy atom. The summed E-state index contributed by atoms with van der Waals surface area (Å²) in [5, 5.41) is 8.61. The van der Waals surface area contributed by atoms with Crippen molar-refractivity contribution in [2.45, 2.75) is 6.54 Å². The minimum Gasteiger partial charge on any atom is -0.356 e. The number of hydrogen-bond donors (Lipinski definition) is 2. The summed E-state index contributed by atoms with van der Waals surface area (Å²) in [5.41, 5.74) is 0. The zero-order valence-electron chi connectivity index (χ0n) is 9.53. The van der Waals surface area contributed by atoms with E-state index in [1.54, 1.807) is 18.4 Å². The number of halogens is 1. The zero-order chi connectivity index (χ0) is 10.9. The van der Waals surface area contributed by atoms with E-state index in [1.807, 2.05) is 11.8 Å². The van der Waals surface area contributed by atoms with Gasteiger partial charge in [0.1, 0.15) is 0 Å². The Hall–Kier alpha value is 0.0500. The van der Waals surface area contributed by atoms with Crippen molar-refractivity contribution in [3.8, 4) is 0 Å². The van der Waals surface area contributed by atoms with Gasteiger partial charge in [-0.3, -0.25) is 4.99 Å². The van der Waals surface area contributed by atoms with Gasteiger partial charge in [-0.2, -0.15) is 11.8 Å². The fourth-order valence-corrected chi connectivity index (χ4v) is 2.03. The standard InChI is InChI=1S/C10H17N3S2.HI/c1-11-10(12-5-7-14-2)13-8-9-4-3-6-15-9;/h3-4,6H,5,7-8H2,1-2H3,(H2,11,12,13);1H. The van der Waals surface area contributed by atoms with Crippen molar-refractivity contribution in [1.29, 1.82) is 0 Å². The van der Waals surface area contributed by atoms with Gasteiger partial charge < -0.3 is 10.6 Å². The van der Waals surface area contributed by atoms with Gasteiger partial charge in [0.2, 0.25) is 0 Å².